The molecule has 0 unspecified atom stereocenters. The molecule has 0 aromatic heterocycles. The molecule has 2 aliphatic rings. The van der Waals surface area contributed by atoms with Crippen LogP contribution in [0.5, 0.6) is 0 Å². The lowest BCUT2D eigenvalue weighted by atomic mass is 9.98. The average molecular weight is 272 g/mol. The Balaban J connectivity index is 1.54. The molecule has 0 radical (unpaired) electrons. The van der Waals surface area contributed by atoms with E-state index in [1.165, 1.54) is 42.5 Å². The summed E-state index contributed by atoms with van der Waals surface area (Å²) in [6.45, 7) is 1.83. The molecule has 0 saturated heterocycles. The van der Waals surface area contributed by atoms with E-state index in [1.54, 1.807) is 0 Å². The summed E-state index contributed by atoms with van der Waals surface area (Å²) in [5.74, 6) is 0.540. The van der Waals surface area contributed by atoms with Crippen LogP contribution in [0.1, 0.15) is 43.2 Å². The molecule has 108 valence electrons. The molecule has 3 nitrogen and oxygen atoms in total. The number of rotatable bonds is 4. The van der Waals surface area contributed by atoms with Crippen molar-refractivity contribution < 1.29 is 4.79 Å². The number of aryl methyl sites for hydroxylation is 1. The maximum absolute atomic E-state index is 12.0. The highest BCUT2D eigenvalue weighted by Crippen LogP contribution is 2.27. The van der Waals surface area contributed by atoms with Crippen molar-refractivity contribution in [2.45, 2.75) is 44.9 Å². The monoisotopic (exact) mass is 272 g/mol. The van der Waals surface area contributed by atoms with E-state index < -0.39 is 0 Å². The first-order chi connectivity index (χ1) is 9.84. The minimum atomic E-state index is 0.264. The summed E-state index contributed by atoms with van der Waals surface area (Å²) in [4.78, 5) is 12.0. The highest BCUT2D eigenvalue weighted by molar-refractivity contribution is 5.78. The number of carbonyl (C=O) groups excluding carboxylic acids is 1. The molecule has 0 atom stereocenters. The molecule has 3 heteroatoms. The van der Waals surface area contributed by atoms with E-state index in [2.05, 4.69) is 28.8 Å². The van der Waals surface area contributed by atoms with Crippen LogP contribution in [0.3, 0.4) is 0 Å². The molecule has 1 aliphatic heterocycles. The third-order valence-electron chi connectivity index (χ3n) is 4.58. The van der Waals surface area contributed by atoms with E-state index >= 15 is 0 Å². The van der Waals surface area contributed by atoms with E-state index in [-0.39, 0.29) is 11.8 Å². The minimum Gasteiger partial charge on any atom is -0.385 e. The summed E-state index contributed by atoms with van der Waals surface area (Å²) in [6, 6.07) is 6.53. The fraction of sp³-hybridized carbons (Fsp3) is 0.588. The molecular formula is C17H24N2O. The van der Waals surface area contributed by atoms with Gasteiger partial charge in [0.25, 0.3) is 0 Å². The fourth-order valence-electron chi connectivity index (χ4n) is 3.44. The van der Waals surface area contributed by atoms with Gasteiger partial charge in [-0.2, -0.15) is 0 Å². The van der Waals surface area contributed by atoms with Crippen LogP contribution >= 0.6 is 0 Å². The van der Waals surface area contributed by atoms with Crippen molar-refractivity contribution in [3.05, 3.63) is 29.3 Å². The normalized spacial score (nSPS) is 18.4. The predicted octanol–water partition coefficient (Wildman–Crippen LogP) is 2.89. The van der Waals surface area contributed by atoms with E-state index in [1.807, 2.05) is 0 Å². The number of carbonyl (C=O) groups is 1. The van der Waals surface area contributed by atoms with Crippen molar-refractivity contribution in [2.75, 3.05) is 18.4 Å². The Labute approximate surface area is 121 Å². The molecule has 1 aromatic carbocycles. The third kappa shape index (κ3) is 2.97. The first-order valence-electron chi connectivity index (χ1n) is 7.97. The van der Waals surface area contributed by atoms with Gasteiger partial charge in [-0.3, -0.25) is 4.79 Å². The smallest absolute Gasteiger partial charge is 0.223 e. The summed E-state index contributed by atoms with van der Waals surface area (Å²) in [6.07, 6.45) is 7.90. The van der Waals surface area contributed by atoms with Crippen LogP contribution in [0.25, 0.3) is 0 Å². The quantitative estimate of drug-likeness (QED) is 0.885. The number of amides is 1. The summed E-state index contributed by atoms with van der Waals surface area (Å²) in [5, 5.41) is 6.62. The zero-order valence-electron chi connectivity index (χ0n) is 12.1. The minimum absolute atomic E-state index is 0.264. The van der Waals surface area contributed by atoms with Gasteiger partial charge >= 0.3 is 0 Å². The summed E-state index contributed by atoms with van der Waals surface area (Å²) < 4.78 is 0. The molecule has 20 heavy (non-hydrogen) atoms. The summed E-state index contributed by atoms with van der Waals surface area (Å²) >= 11 is 0. The topological polar surface area (TPSA) is 41.1 Å². The van der Waals surface area contributed by atoms with Gasteiger partial charge in [-0.25, -0.2) is 0 Å². The Morgan fingerprint density at radius 2 is 2.10 bits per heavy atom. The standard InChI is InChI=1S/C17H24N2O/c20-17(15-5-1-2-6-15)19-12-10-14-8-3-7-13-9-4-11-18-16(13)14/h3,7-8,15,18H,1-2,4-6,9-12H2,(H,19,20). The Bertz CT molecular complexity index is 478. The largest absolute Gasteiger partial charge is 0.385 e. The Kier molecular flexibility index (Phi) is 4.24. The summed E-state index contributed by atoms with van der Waals surface area (Å²) in [7, 11) is 0. The molecule has 3 rings (SSSR count). The second-order valence-electron chi connectivity index (χ2n) is 6.00. The van der Waals surface area contributed by atoms with E-state index in [0.717, 1.165) is 32.4 Å². The molecule has 0 bridgehead atoms. The lowest BCUT2D eigenvalue weighted by Gasteiger charge is -2.21. The van der Waals surface area contributed by atoms with Gasteiger partial charge in [-0.15, -0.1) is 0 Å². The van der Waals surface area contributed by atoms with Crippen molar-refractivity contribution in [2.24, 2.45) is 5.92 Å². The van der Waals surface area contributed by atoms with Crippen molar-refractivity contribution >= 4 is 11.6 Å². The van der Waals surface area contributed by atoms with Gasteiger partial charge in [0.1, 0.15) is 0 Å². The maximum Gasteiger partial charge on any atom is 0.223 e. The van der Waals surface area contributed by atoms with Crippen molar-refractivity contribution in [3.8, 4) is 0 Å². The first kappa shape index (κ1) is 13.5. The van der Waals surface area contributed by atoms with Crippen LogP contribution in [0, 0.1) is 5.92 Å². The number of para-hydroxylation sites is 1. The predicted molar refractivity (Wildman–Crippen MR) is 81.9 cm³/mol. The van der Waals surface area contributed by atoms with Gasteiger partial charge in [0.05, 0.1) is 0 Å². The van der Waals surface area contributed by atoms with Crippen molar-refractivity contribution in [1.29, 1.82) is 0 Å². The molecule has 1 fully saturated rings. The van der Waals surface area contributed by atoms with Gasteiger partial charge < -0.3 is 10.6 Å². The van der Waals surface area contributed by atoms with Gasteiger partial charge in [0.2, 0.25) is 5.91 Å². The average Bonchev–Trinajstić information content (AvgIpc) is 3.02. The molecule has 0 spiro atoms. The van der Waals surface area contributed by atoms with Gasteiger partial charge in [-0.05, 0) is 43.2 Å². The van der Waals surface area contributed by atoms with Gasteiger partial charge in [0, 0.05) is 24.7 Å². The molecule has 1 aliphatic carbocycles. The Hall–Kier alpha value is -1.51. The number of hydrogen-bond acceptors (Lipinski definition) is 2. The third-order valence-corrected chi connectivity index (χ3v) is 4.58. The van der Waals surface area contributed by atoms with Crippen LogP contribution in [-0.4, -0.2) is 19.0 Å². The number of nitrogens with one attached hydrogen (secondary N) is 2. The first-order valence-corrected chi connectivity index (χ1v) is 7.97. The maximum atomic E-state index is 12.0. The van der Waals surface area contributed by atoms with Crippen LogP contribution in [-0.2, 0) is 17.6 Å². The molecule has 1 aromatic rings. The van der Waals surface area contributed by atoms with Crippen molar-refractivity contribution in [3.63, 3.8) is 0 Å². The van der Waals surface area contributed by atoms with Crippen LogP contribution < -0.4 is 10.6 Å². The SMILES string of the molecule is O=C(NCCc1cccc2c1NCCC2)C1CCCC1. The van der Waals surface area contributed by atoms with E-state index in [9.17, 15) is 4.79 Å². The number of hydrogen-bond donors (Lipinski definition) is 2. The fourth-order valence-corrected chi connectivity index (χ4v) is 3.44. The highest BCUT2D eigenvalue weighted by atomic mass is 16.1. The van der Waals surface area contributed by atoms with E-state index in [0.29, 0.717) is 0 Å². The lowest BCUT2D eigenvalue weighted by molar-refractivity contribution is -0.124. The molecule has 1 amide bonds. The van der Waals surface area contributed by atoms with Gasteiger partial charge in [-0.1, -0.05) is 31.0 Å². The van der Waals surface area contributed by atoms with Crippen LogP contribution in [0.4, 0.5) is 5.69 Å². The second-order valence-corrected chi connectivity index (χ2v) is 6.00. The molecule has 1 heterocycles. The zero-order valence-corrected chi connectivity index (χ0v) is 12.1. The second kappa shape index (κ2) is 6.29. The van der Waals surface area contributed by atoms with Crippen molar-refractivity contribution in [1.82, 2.24) is 5.32 Å². The molecule has 1 saturated carbocycles. The zero-order chi connectivity index (χ0) is 13.8. The summed E-state index contributed by atoms with van der Waals surface area (Å²) in [5.41, 5.74) is 4.08. The van der Waals surface area contributed by atoms with Gasteiger partial charge in [0.15, 0.2) is 0 Å². The lowest BCUT2D eigenvalue weighted by Crippen LogP contribution is -2.31. The molecular weight excluding hydrogens is 248 g/mol. The van der Waals surface area contributed by atoms with Crippen LogP contribution in [0.15, 0.2) is 18.2 Å². The number of fused-ring (bicyclic) bond motifs is 1. The number of benzene rings is 1. The Morgan fingerprint density at radius 1 is 1.25 bits per heavy atom. The number of anilines is 1. The molecule has 2 N–H and O–H groups in total. The highest BCUT2D eigenvalue weighted by Gasteiger charge is 2.22. The van der Waals surface area contributed by atoms with Crippen LogP contribution in [0.2, 0.25) is 0 Å². The Morgan fingerprint density at radius 3 is 2.95 bits per heavy atom. The van der Waals surface area contributed by atoms with E-state index in [4.69, 9.17) is 0 Å².